The molecular formula is C14H21NO4. The zero-order chi connectivity index (χ0) is 14.3. The minimum absolute atomic E-state index is 0.0730. The molecule has 2 aliphatic carbocycles. The number of carbonyl (C=O) groups excluding carboxylic acids is 1. The second kappa shape index (κ2) is 4.62. The number of allylic oxidation sites excluding steroid dienone is 2. The van der Waals surface area contributed by atoms with Gasteiger partial charge in [-0.2, -0.15) is 0 Å². The second-order valence-corrected chi connectivity index (χ2v) is 6.36. The molecular weight excluding hydrogens is 246 g/mol. The Morgan fingerprint density at radius 3 is 2.68 bits per heavy atom. The second-order valence-electron chi connectivity index (χ2n) is 6.36. The monoisotopic (exact) mass is 267 g/mol. The van der Waals surface area contributed by atoms with Gasteiger partial charge in [-0.15, -0.1) is 0 Å². The number of nitrogens with zero attached hydrogens (tertiary/aromatic N) is 1. The van der Waals surface area contributed by atoms with Crippen LogP contribution in [0.2, 0.25) is 0 Å². The third-order valence-electron chi connectivity index (χ3n) is 5.15. The fraction of sp³-hybridized carbons (Fsp3) is 0.786. The minimum Gasteiger partial charge on any atom is -0.431 e. The lowest BCUT2D eigenvalue weighted by Crippen LogP contribution is -2.31. The van der Waals surface area contributed by atoms with Gasteiger partial charge in [0.05, 0.1) is 6.42 Å². The van der Waals surface area contributed by atoms with E-state index in [1.807, 2.05) is 0 Å². The van der Waals surface area contributed by atoms with Crippen LogP contribution < -0.4 is 0 Å². The first kappa shape index (κ1) is 14.0. The number of hydrogen-bond acceptors (Lipinski definition) is 4. The Morgan fingerprint density at radius 2 is 2.21 bits per heavy atom. The summed E-state index contributed by atoms with van der Waals surface area (Å²) in [7, 11) is 0. The topological polar surface area (TPSA) is 69.4 Å². The summed E-state index contributed by atoms with van der Waals surface area (Å²) in [4.78, 5) is 21.5. The van der Waals surface area contributed by atoms with Gasteiger partial charge in [0.1, 0.15) is 5.76 Å². The van der Waals surface area contributed by atoms with Crippen LogP contribution in [0.5, 0.6) is 0 Å². The lowest BCUT2D eigenvalue weighted by atomic mass is 9.70. The summed E-state index contributed by atoms with van der Waals surface area (Å²) < 4.78 is 5.47. The summed E-state index contributed by atoms with van der Waals surface area (Å²) in [6, 6.07) is 0. The molecule has 106 valence electrons. The van der Waals surface area contributed by atoms with Crippen LogP contribution in [0.1, 0.15) is 46.5 Å². The average Bonchev–Trinajstić information content (AvgIpc) is 2.61. The molecule has 2 rings (SSSR count). The smallest absolute Gasteiger partial charge is 0.311 e. The number of fused-ring (bicyclic) bond motifs is 2. The van der Waals surface area contributed by atoms with Crippen LogP contribution in [0, 0.1) is 26.9 Å². The number of nitro groups is 1. The summed E-state index contributed by atoms with van der Waals surface area (Å²) in [6.07, 6.45) is 4.61. The Balaban J connectivity index is 1.93. The fourth-order valence-corrected chi connectivity index (χ4v) is 3.31. The maximum atomic E-state index is 11.7. The van der Waals surface area contributed by atoms with Crippen molar-refractivity contribution in [2.75, 3.05) is 6.54 Å². The van der Waals surface area contributed by atoms with Gasteiger partial charge in [-0.25, -0.2) is 0 Å². The number of esters is 1. The first-order valence-electron chi connectivity index (χ1n) is 6.82. The number of rotatable bonds is 5. The van der Waals surface area contributed by atoms with E-state index < -0.39 is 4.92 Å². The van der Waals surface area contributed by atoms with Gasteiger partial charge in [0, 0.05) is 16.8 Å². The van der Waals surface area contributed by atoms with Crippen molar-refractivity contribution in [2.24, 2.45) is 16.7 Å². The predicted octanol–water partition coefficient (Wildman–Crippen LogP) is 2.93. The SMILES string of the molecule is CC12CCC(C=C1OC(=O)CCC[N+](=O)[O-])C2(C)C. The van der Waals surface area contributed by atoms with Crippen molar-refractivity contribution in [3.8, 4) is 0 Å². The van der Waals surface area contributed by atoms with Crippen molar-refractivity contribution in [1.82, 2.24) is 0 Å². The molecule has 0 aromatic heterocycles. The largest absolute Gasteiger partial charge is 0.431 e. The van der Waals surface area contributed by atoms with Crippen molar-refractivity contribution >= 4 is 5.97 Å². The van der Waals surface area contributed by atoms with E-state index in [2.05, 4.69) is 26.8 Å². The van der Waals surface area contributed by atoms with Gasteiger partial charge < -0.3 is 4.74 Å². The van der Waals surface area contributed by atoms with E-state index in [1.54, 1.807) is 0 Å². The quantitative estimate of drug-likeness (QED) is 0.436. The highest BCUT2D eigenvalue weighted by molar-refractivity contribution is 5.71. The van der Waals surface area contributed by atoms with Crippen molar-refractivity contribution in [3.63, 3.8) is 0 Å². The average molecular weight is 267 g/mol. The molecule has 0 heterocycles. The predicted molar refractivity (Wildman–Crippen MR) is 69.9 cm³/mol. The first-order valence-corrected chi connectivity index (χ1v) is 6.82. The molecule has 0 aromatic rings. The summed E-state index contributed by atoms with van der Waals surface area (Å²) in [5, 5.41) is 10.2. The van der Waals surface area contributed by atoms with Gasteiger partial charge in [-0.3, -0.25) is 14.9 Å². The van der Waals surface area contributed by atoms with Crippen LogP contribution >= 0.6 is 0 Å². The third kappa shape index (κ3) is 2.26. The zero-order valence-electron chi connectivity index (χ0n) is 11.8. The molecule has 1 saturated carbocycles. The number of hydrogen-bond donors (Lipinski definition) is 0. The maximum Gasteiger partial charge on any atom is 0.311 e. The van der Waals surface area contributed by atoms with Crippen LogP contribution in [0.4, 0.5) is 0 Å². The van der Waals surface area contributed by atoms with Crippen LogP contribution in [0.3, 0.4) is 0 Å². The van der Waals surface area contributed by atoms with Gasteiger partial charge in [-0.1, -0.05) is 20.8 Å². The molecule has 0 amide bonds. The van der Waals surface area contributed by atoms with Gasteiger partial charge in [0.15, 0.2) is 0 Å². The van der Waals surface area contributed by atoms with E-state index in [1.165, 1.54) is 0 Å². The Bertz CT molecular complexity index is 441. The maximum absolute atomic E-state index is 11.7. The Kier molecular flexibility index (Phi) is 3.41. The molecule has 2 aliphatic rings. The van der Waals surface area contributed by atoms with E-state index in [0.717, 1.165) is 18.6 Å². The van der Waals surface area contributed by atoms with Crippen LogP contribution in [0.25, 0.3) is 0 Å². The summed E-state index contributed by atoms with van der Waals surface area (Å²) in [6.45, 7) is 6.40. The summed E-state index contributed by atoms with van der Waals surface area (Å²) >= 11 is 0. The highest BCUT2D eigenvalue weighted by atomic mass is 16.6. The van der Waals surface area contributed by atoms with Crippen molar-refractivity contribution in [3.05, 3.63) is 21.9 Å². The normalized spacial score (nSPS) is 31.1. The third-order valence-corrected chi connectivity index (χ3v) is 5.15. The van der Waals surface area contributed by atoms with E-state index in [-0.39, 0.29) is 36.2 Å². The standard InChI is InChI=1S/C14H21NO4/c1-13(2)10-6-7-14(13,3)11(9-10)19-12(16)5-4-8-15(17)18/h9-10H,4-8H2,1-3H3. The zero-order valence-corrected chi connectivity index (χ0v) is 11.8. The van der Waals surface area contributed by atoms with E-state index in [4.69, 9.17) is 4.74 Å². The van der Waals surface area contributed by atoms with Crippen molar-refractivity contribution in [1.29, 1.82) is 0 Å². The summed E-state index contributed by atoms with van der Waals surface area (Å²) in [5.41, 5.74) is 0.0554. The van der Waals surface area contributed by atoms with Gasteiger partial charge >= 0.3 is 5.97 Å². The molecule has 0 spiro atoms. The Morgan fingerprint density at radius 1 is 1.53 bits per heavy atom. The molecule has 2 bridgehead atoms. The molecule has 0 aliphatic heterocycles. The van der Waals surface area contributed by atoms with Gasteiger partial charge in [0.25, 0.3) is 0 Å². The first-order chi connectivity index (χ1) is 8.77. The lowest BCUT2D eigenvalue weighted by molar-refractivity contribution is -0.480. The molecule has 0 aromatic carbocycles. The Labute approximate surface area is 113 Å². The van der Waals surface area contributed by atoms with Crippen LogP contribution in [-0.4, -0.2) is 17.4 Å². The van der Waals surface area contributed by atoms with Crippen molar-refractivity contribution in [2.45, 2.75) is 46.5 Å². The molecule has 5 heteroatoms. The highest BCUT2D eigenvalue weighted by Gasteiger charge is 2.58. The van der Waals surface area contributed by atoms with Gasteiger partial charge in [-0.05, 0) is 30.3 Å². The van der Waals surface area contributed by atoms with Crippen LogP contribution in [-0.2, 0) is 9.53 Å². The van der Waals surface area contributed by atoms with E-state index >= 15 is 0 Å². The Hall–Kier alpha value is -1.39. The summed E-state index contributed by atoms with van der Waals surface area (Å²) in [5.74, 6) is 0.900. The molecule has 2 atom stereocenters. The highest BCUT2D eigenvalue weighted by Crippen LogP contribution is 2.65. The molecule has 19 heavy (non-hydrogen) atoms. The molecule has 1 fully saturated rings. The number of ether oxygens (including phenoxy) is 1. The van der Waals surface area contributed by atoms with Crippen molar-refractivity contribution < 1.29 is 14.5 Å². The molecule has 0 radical (unpaired) electrons. The molecule has 0 saturated heterocycles. The van der Waals surface area contributed by atoms with Crippen LogP contribution in [0.15, 0.2) is 11.8 Å². The molecule has 0 N–H and O–H groups in total. The van der Waals surface area contributed by atoms with E-state index in [0.29, 0.717) is 5.92 Å². The minimum atomic E-state index is -0.408. The fourth-order valence-electron chi connectivity index (χ4n) is 3.31. The molecule has 5 nitrogen and oxygen atoms in total. The molecule has 2 unspecified atom stereocenters. The van der Waals surface area contributed by atoms with Gasteiger partial charge in [0.2, 0.25) is 6.54 Å². The lowest BCUT2D eigenvalue weighted by Gasteiger charge is -2.36. The van der Waals surface area contributed by atoms with E-state index in [9.17, 15) is 14.9 Å². The number of carbonyl (C=O) groups is 1.